The number of nitrogens with one attached hydrogen (secondary N) is 1. The summed E-state index contributed by atoms with van der Waals surface area (Å²) in [7, 11) is 1.96. The summed E-state index contributed by atoms with van der Waals surface area (Å²) in [5, 5.41) is 11.4. The van der Waals surface area contributed by atoms with Crippen molar-refractivity contribution in [1.29, 1.82) is 0 Å². The highest BCUT2D eigenvalue weighted by molar-refractivity contribution is 5.78. The second-order valence-corrected chi connectivity index (χ2v) is 4.93. The fourth-order valence-corrected chi connectivity index (χ4v) is 2.62. The van der Waals surface area contributed by atoms with Gasteiger partial charge in [0.2, 0.25) is 5.91 Å². The number of aliphatic hydroxyl groups excluding tert-OH is 1. The molecule has 0 aromatic heterocycles. The van der Waals surface area contributed by atoms with Gasteiger partial charge in [-0.2, -0.15) is 0 Å². The predicted molar refractivity (Wildman–Crippen MR) is 71.5 cm³/mol. The average Bonchev–Trinajstić information content (AvgIpc) is 2.71. The van der Waals surface area contributed by atoms with E-state index in [0.29, 0.717) is 6.54 Å². The number of likely N-dealkylation sites (N-methyl/N-ethyl adjacent to an activating group) is 1. The van der Waals surface area contributed by atoms with Gasteiger partial charge in [-0.1, -0.05) is 0 Å². The lowest BCUT2D eigenvalue weighted by atomic mass is 10.1. The van der Waals surface area contributed by atoms with Gasteiger partial charge in [-0.05, 0) is 20.4 Å². The first kappa shape index (κ1) is 15.7. The maximum absolute atomic E-state index is 12.0. The second-order valence-electron chi connectivity index (χ2n) is 4.93. The number of aliphatic hydroxyl groups is 1. The molecule has 1 rings (SSSR count). The second kappa shape index (κ2) is 7.30. The molecule has 0 spiro atoms. The van der Waals surface area contributed by atoms with E-state index >= 15 is 0 Å². The SMILES string of the molecule is C[C@@H]1[C@H](N(C)CCO)CCN1C(=O)CCNC(N)=O. The topological polar surface area (TPSA) is 98.9 Å². The Balaban J connectivity index is 2.43. The smallest absolute Gasteiger partial charge is 0.312 e. The van der Waals surface area contributed by atoms with Crippen molar-refractivity contribution in [2.75, 3.05) is 33.3 Å². The Labute approximate surface area is 113 Å². The van der Waals surface area contributed by atoms with Gasteiger partial charge in [0.05, 0.1) is 6.61 Å². The van der Waals surface area contributed by atoms with E-state index in [1.807, 2.05) is 18.9 Å². The molecule has 1 aliphatic heterocycles. The van der Waals surface area contributed by atoms with E-state index in [9.17, 15) is 9.59 Å². The van der Waals surface area contributed by atoms with Crippen LogP contribution in [0.4, 0.5) is 4.79 Å². The average molecular weight is 272 g/mol. The molecule has 1 fully saturated rings. The standard InChI is InChI=1S/C12H24N4O3/c1-9-10(15(2)7-8-17)4-6-16(9)11(18)3-5-14-12(13)19/h9-10,17H,3-8H2,1-2H3,(H3,13,14,19)/t9-,10-/m1/s1. The van der Waals surface area contributed by atoms with Gasteiger partial charge < -0.3 is 21.1 Å². The van der Waals surface area contributed by atoms with Gasteiger partial charge in [0.25, 0.3) is 0 Å². The molecule has 0 saturated carbocycles. The van der Waals surface area contributed by atoms with Crippen LogP contribution in [0.25, 0.3) is 0 Å². The molecule has 110 valence electrons. The Bertz CT molecular complexity index is 324. The van der Waals surface area contributed by atoms with Crippen LogP contribution in [0, 0.1) is 0 Å². The fraction of sp³-hybridized carbons (Fsp3) is 0.833. The number of primary amides is 1. The molecule has 0 bridgehead atoms. The summed E-state index contributed by atoms with van der Waals surface area (Å²) in [5.74, 6) is 0.0288. The number of amides is 3. The van der Waals surface area contributed by atoms with Gasteiger partial charge in [-0.25, -0.2) is 4.79 Å². The first-order valence-corrected chi connectivity index (χ1v) is 6.61. The third-order valence-corrected chi connectivity index (χ3v) is 3.69. The molecule has 0 radical (unpaired) electrons. The van der Waals surface area contributed by atoms with Crippen molar-refractivity contribution in [3.05, 3.63) is 0 Å². The zero-order valence-corrected chi connectivity index (χ0v) is 11.6. The highest BCUT2D eigenvalue weighted by atomic mass is 16.3. The minimum Gasteiger partial charge on any atom is -0.395 e. The molecule has 4 N–H and O–H groups in total. The Hall–Kier alpha value is -1.34. The molecule has 3 amide bonds. The first-order chi connectivity index (χ1) is 8.97. The minimum absolute atomic E-state index is 0.0288. The molecular formula is C12H24N4O3. The van der Waals surface area contributed by atoms with E-state index in [2.05, 4.69) is 10.2 Å². The van der Waals surface area contributed by atoms with E-state index in [-0.39, 0.29) is 37.6 Å². The lowest BCUT2D eigenvalue weighted by Crippen LogP contribution is -2.45. The van der Waals surface area contributed by atoms with Gasteiger partial charge in [-0.15, -0.1) is 0 Å². The molecule has 0 aliphatic carbocycles. The van der Waals surface area contributed by atoms with E-state index in [1.165, 1.54) is 0 Å². The quantitative estimate of drug-likeness (QED) is 0.575. The molecule has 7 nitrogen and oxygen atoms in total. The summed E-state index contributed by atoms with van der Waals surface area (Å²) in [6.45, 7) is 3.74. The number of hydrogen-bond donors (Lipinski definition) is 3. The van der Waals surface area contributed by atoms with Crippen LogP contribution in [0.3, 0.4) is 0 Å². The number of urea groups is 1. The van der Waals surface area contributed by atoms with Crippen molar-refractivity contribution in [3.63, 3.8) is 0 Å². The lowest BCUT2D eigenvalue weighted by molar-refractivity contribution is -0.131. The Morgan fingerprint density at radius 1 is 1.53 bits per heavy atom. The van der Waals surface area contributed by atoms with Crippen molar-refractivity contribution < 1.29 is 14.7 Å². The largest absolute Gasteiger partial charge is 0.395 e. The van der Waals surface area contributed by atoms with Gasteiger partial charge in [0.15, 0.2) is 0 Å². The maximum atomic E-state index is 12.0. The van der Waals surface area contributed by atoms with Crippen molar-refractivity contribution in [3.8, 4) is 0 Å². The number of likely N-dealkylation sites (tertiary alicyclic amines) is 1. The van der Waals surface area contributed by atoms with E-state index in [4.69, 9.17) is 10.8 Å². The summed E-state index contributed by atoms with van der Waals surface area (Å²) in [6.07, 6.45) is 1.18. The molecule has 7 heteroatoms. The number of hydrogen-bond acceptors (Lipinski definition) is 4. The zero-order chi connectivity index (χ0) is 14.4. The van der Waals surface area contributed by atoms with E-state index in [1.54, 1.807) is 0 Å². The van der Waals surface area contributed by atoms with Gasteiger partial charge in [0, 0.05) is 38.1 Å². The van der Waals surface area contributed by atoms with Crippen LogP contribution >= 0.6 is 0 Å². The van der Waals surface area contributed by atoms with Crippen LogP contribution in [0.1, 0.15) is 19.8 Å². The minimum atomic E-state index is -0.608. The third kappa shape index (κ3) is 4.36. The maximum Gasteiger partial charge on any atom is 0.312 e. The molecule has 0 unspecified atom stereocenters. The number of rotatable bonds is 6. The first-order valence-electron chi connectivity index (χ1n) is 6.61. The highest BCUT2D eigenvalue weighted by Gasteiger charge is 2.35. The monoisotopic (exact) mass is 272 g/mol. The summed E-state index contributed by atoms with van der Waals surface area (Å²) < 4.78 is 0. The third-order valence-electron chi connectivity index (χ3n) is 3.69. The molecule has 1 saturated heterocycles. The van der Waals surface area contributed by atoms with Crippen LogP contribution in [-0.2, 0) is 4.79 Å². The highest BCUT2D eigenvalue weighted by Crippen LogP contribution is 2.22. The Morgan fingerprint density at radius 3 is 2.79 bits per heavy atom. The molecule has 1 aliphatic rings. The van der Waals surface area contributed by atoms with Crippen molar-refractivity contribution in [2.45, 2.75) is 31.8 Å². The number of carbonyl (C=O) groups is 2. The summed E-state index contributed by atoms with van der Waals surface area (Å²) in [5.41, 5.74) is 4.95. The van der Waals surface area contributed by atoms with Crippen molar-refractivity contribution in [2.24, 2.45) is 5.73 Å². The van der Waals surface area contributed by atoms with Gasteiger partial charge in [0.1, 0.15) is 0 Å². The fourth-order valence-electron chi connectivity index (χ4n) is 2.62. The molecule has 0 aromatic rings. The van der Waals surface area contributed by atoms with E-state index < -0.39 is 6.03 Å². The van der Waals surface area contributed by atoms with Gasteiger partial charge in [-0.3, -0.25) is 9.69 Å². The van der Waals surface area contributed by atoms with Crippen LogP contribution in [0.2, 0.25) is 0 Å². The summed E-state index contributed by atoms with van der Waals surface area (Å²) in [4.78, 5) is 26.5. The number of nitrogens with two attached hydrogens (primary N) is 1. The molecule has 0 aromatic carbocycles. The van der Waals surface area contributed by atoms with Crippen molar-refractivity contribution >= 4 is 11.9 Å². The Morgan fingerprint density at radius 2 is 2.21 bits per heavy atom. The summed E-state index contributed by atoms with van der Waals surface area (Å²) >= 11 is 0. The van der Waals surface area contributed by atoms with Crippen LogP contribution < -0.4 is 11.1 Å². The van der Waals surface area contributed by atoms with Crippen LogP contribution in [0.15, 0.2) is 0 Å². The van der Waals surface area contributed by atoms with Gasteiger partial charge >= 0.3 is 6.03 Å². The van der Waals surface area contributed by atoms with E-state index in [0.717, 1.165) is 13.0 Å². The molecule has 1 heterocycles. The predicted octanol–water partition coefficient (Wildman–Crippen LogP) is -1.04. The molecule has 19 heavy (non-hydrogen) atoms. The molecule has 2 atom stereocenters. The Kier molecular flexibility index (Phi) is 6.04. The lowest BCUT2D eigenvalue weighted by Gasteiger charge is -2.30. The number of carbonyl (C=O) groups excluding carboxylic acids is 2. The van der Waals surface area contributed by atoms with Crippen LogP contribution in [-0.4, -0.2) is 72.2 Å². The number of nitrogens with zero attached hydrogens (tertiary/aromatic N) is 2. The van der Waals surface area contributed by atoms with Crippen LogP contribution in [0.5, 0.6) is 0 Å². The summed E-state index contributed by atoms with van der Waals surface area (Å²) in [6, 6.07) is -0.208. The normalized spacial score (nSPS) is 22.8. The molecular weight excluding hydrogens is 248 g/mol. The zero-order valence-electron chi connectivity index (χ0n) is 11.6. The van der Waals surface area contributed by atoms with Crippen molar-refractivity contribution in [1.82, 2.24) is 15.1 Å².